The molecule has 1 unspecified atom stereocenters. The number of hydrogen-bond donors (Lipinski definition) is 0. The number of thiophene rings is 1. The van der Waals surface area contributed by atoms with Crippen molar-refractivity contribution in [1.82, 2.24) is 4.90 Å². The van der Waals surface area contributed by atoms with Crippen LogP contribution in [0, 0.1) is 5.92 Å². The first-order valence-electron chi connectivity index (χ1n) is 5.52. The molecule has 0 bridgehead atoms. The topological polar surface area (TPSA) is 43.4 Å². The zero-order valence-electron chi connectivity index (χ0n) is 10.0. The van der Waals surface area contributed by atoms with Crippen LogP contribution in [-0.2, 0) is 11.1 Å². The average molecular weight is 295 g/mol. The van der Waals surface area contributed by atoms with Gasteiger partial charge in [0.2, 0.25) is 0 Å². The highest BCUT2D eigenvalue weighted by molar-refractivity contribution is 7.81. The third kappa shape index (κ3) is 5.97. The minimum Gasteiger partial charge on any atom is -0.768 e. The molecule has 1 aliphatic heterocycles. The largest absolute Gasteiger partial charge is 0.768 e. The molecule has 0 amide bonds. The molecule has 1 aromatic rings. The molecule has 0 aromatic carbocycles. The first-order valence-corrected chi connectivity index (χ1v) is 7.79. The van der Waals surface area contributed by atoms with E-state index in [0.717, 1.165) is 17.3 Å². The van der Waals surface area contributed by atoms with Crippen LogP contribution in [0.3, 0.4) is 0 Å². The summed E-state index contributed by atoms with van der Waals surface area (Å²) >= 11 is 4.37. The van der Waals surface area contributed by atoms with E-state index in [1.54, 1.807) is 6.07 Å². The van der Waals surface area contributed by atoms with Gasteiger partial charge in [0.25, 0.3) is 0 Å². The Morgan fingerprint density at radius 1 is 1.47 bits per heavy atom. The number of rotatable bonds is 1. The molecular formula is C11H17ClNO2S2-. The van der Waals surface area contributed by atoms with Crippen molar-refractivity contribution in [3.63, 3.8) is 0 Å². The Balaban J connectivity index is 0.000000171. The van der Waals surface area contributed by atoms with Gasteiger partial charge < -0.3 is 9.45 Å². The van der Waals surface area contributed by atoms with Crippen LogP contribution in [0.25, 0.3) is 0 Å². The molecule has 0 aliphatic carbocycles. The van der Waals surface area contributed by atoms with Crippen molar-refractivity contribution in [3.8, 4) is 0 Å². The van der Waals surface area contributed by atoms with Gasteiger partial charge in [-0.2, -0.15) is 0 Å². The van der Waals surface area contributed by atoms with Gasteiger partial charge in [0.1, 0.15) is 0 Å². The SMILES string of the molecule is CC1CCN(C)CC1.O=S([O-])c1ccc(Cl)s1. The van der Waals surface area contributed by atoms with Crippen LogP contribution in [-0.4, -0.2) is 33.8 Å². The van der Waals surface area contributed by atoms with E-state index in [4.69, 9.17) is 11.6 Å². The van der Waals surface area contributed by atoms with Gasteiger partial charge in [0.15, 0.2) is 0 Å². The third-order valence-electron chi connectivity index (χ3n) is 2.72. The second-order valence-electron chi connectivity index (χ2n) is 4.28. The Kier molecular flexibility index (Phi) is 6.66. The highest BCUT2D eigenvalue weighted by Crippen LogP contribution is 2.23. The lowest BCUT2D eigenvalue weighted by atomic mass is 10.00. The van der Waals surface area contributed by atoms with E-state index in [0.29, 0.717) is 4.34 Å². The van der Waals surface area contributed by atoms with Gasteiger partial charge in [0, 0.05) is 0 Å². The van der Waals surface area contributed by atoms with Crippen molar-refractivity contribution in [2.75, 3.05) is 20.1 Å². The zero-order valence-corrected chi connectivity index (χ0v) is 12.4. The summed E-state index contributed by atoms with van der Waals surface area (Å²) in [4.78, 5) is 2.40. The minimum atomic E-state index is -2.12. The fraction of sp³-hybridized carbons (Fsp3) is 0.636. The van der Waals surface area contributed by atoms with Crippen LogP contribution < -0.4 is 0 Å². The fourth-order valence-electron chi connectivity index (χ4n) is 1.52. The molecule has 1 aliphatic rings. The summed E-state index contributed by atoms with van der Waals surface area (Å²) in [5.41, 5.74) is 0. The van der Waals surface area contributed by atoms with E-state index in [-0.39, 0.29) is 4.21 Å². The molecule has 1 aromatic heterocycles. The molecule has 1 atom stereocenters. The molecule has 98 valence electrons. The lowest BCUT2D eigenvalue weighted by Gasteiger charge is -2.26. The van der Waals surface area contributed by atoms with Crippen LogP contribution in [0.2, 0.25) is 4.34 Å². The summed E-state index contributed by atoms with van der Waals surface area (Å²) in [6.45, 7) is 4.95. The van der Waals surface area contributed by atoms with E-state index in [2.05, 4.69) is 18.9 Å². The smallest absolute Gasteiger partial charge is 0.0940 e. The molecule has 17 heavy (non-hydrogen) atoms. The summed E-state index contributed by atoms with van der Waals surface area (Å²) in [6.07, 6.45) is 2.80. The summed E-state index contributed by atoms with van der Waals surface area (Å²) in [5, 5.41) is 0. The van der Waals surface area contributed by atoms with Crippen LogP contribution in [0.15, 0.2) is 16.3 Å². The molecule has 0 radical (unpaired) electrons. The first-order chi connectivity index (χ1) is 7.99. The second kappa shape index (κ2) is 7.48. The maximum absolute atomic E-state index is 10.2. The first kappa shape index (κ1) is 15.1. The highest BCUT2D eigenvalue weighted by atomic mass is 35.5. The Morgan fingerprint density at radius 2 is 2.06 bits per heavy atom. The molecule has 2 rings (SSSR count). The minimum absolute atomic E-state index is 0.278. The molecule has 0 saturated carbocycles. The Bertz CT molecular complexity index is 352. The molecule has 0 N–H and O–H groups in total. The van der Waals surface area contributed by atoms with E-state index >= 15 is 0 Å². The maximum Gasteiger partial charge on any atom is 0.0940 e. The average Bonchev–Trinajstić information content (AvgIpc) is 2.70. The Labute approximate surface area is 114 Å². The van der Waals surface area contributed by atoms with Gasteiger partial charge in [0.05, 0.1) is 8.55 Å². The van der Waals surface area contributed by atoms with Gasteiger partial charge in [-0.1, -0.05) is 18.5 Å². The number of likely N-dealkylation sites (tertiary alicyclic amines) is 1. The van der Waals surface area contributed by atoms with Gasteiger partial charge in [-0.3, -0.25) is 4.21 Å². The summed E-state index contributed by atoms with van der Waals surface area (Å²) in [7, 11) is 2.20. The number of nitrogens with zero attached hydrogens (tertiary/aromatic N) is 1. The van der Waals surface area contributed by atoms with E-state index in [9.17, 15) is 8.76 Å². The predicted molar refractivity (Wildman–Crippen MR) is 72.4 cm³/mol. The fourth-order valence-corrected chi connectivity index (χ4v) is 3.16. The van der Waals surface area contributed by atoms with E-state index in [1.807, 2.05) is 0 Å². The van der Waals surface area contributed by atoms with Crippen molar-refractivity contribution >= 4 is 34.0 Å². The lowest BCUT2D eigenvalue weighted by molar-refractivity contribution is 0.230. The van der Waals surface area contributed by atoms with Crippen molar-refractivity contribution < 1.29 is 8.76 Å². The van der Waals surface area contributed by atoms with Crippen molar-refractivity contribution in [2.24, 2.45) is 5.92 Å². The molecule has 1 saturated heterocycles. The van der Waals surface area contributed by atoms with Crippen molar-refractivity contribution in [3.05, 3.63) is 16.5 Å². The van der Waals surface area contributed by atoms with Crippen LogP contribution in [0.1, 0.15) is 19.8 Å². The molecule has 6 heteroatoms. The van der Waals surface area contributed by atoms with Gasteiger partial charge in [-0.25, -0.2) is 0 Å². The normalized spacial score (nSPS) is 19.5. The monoisotopic (exact) mass is 294 g/mol. The summed E-state index contributed by atoms with van der Waals surface area (Å²) in [5.74, 6) is 0.978. The Hall–Kier alpha value is 0.0600. The quantitative estimate of drug-likeness (QED) is 0.748. The number of halogens is 1. The summed E-state index contributed by atoms with van der Waals surface area (Å²) in [6, 6.07) is 3.02. The van der Waals surface area contributed by atoms with Crippen LogP contribution in [0.5, 0.6) is 0 Å². The van der Waals surface area contributed by atoms with E-state index < -0.39 is 11.1 Å². The van der Waals surface area contributed by atoms with Gasteiger partial charge in [-0.05, 0) is 62.1 Å². The van der Waals surface area contributed by atoms with Crippen molar-refractivity contribution in [1.29, 1.82) is 0 Å². The van der Waals surface area contributed by atoms with Crippen LogP contribution in [0.4, 0.5) is 0 Å². The van der Waals surface area contributed by atoms with Gasteiger partial charge >= 0.3 is 0 Å². The van der Waals surface area contributed by atoms with Gasteiger partial charge in [-0.15, -0.1) is 11.3 Å². The molecule has 3 nitrogen and oxygen atoms in total. The lowest BCUT2D eigenvalue weighted by Crippen LogP contribution is -2.28. The number of piperidine rings is 1. The maximum atomic E-state index is 10.2. The number of hydrogen-bond acceptors (Lipinski definition) is 4. The standard InChI is InChI=1S/C7H15N.C4H3ClO2S2/c1-7-3-5-8(2)6-4-7;5-3-1-2-4(8-3)9(6)7/h7H,3-6H2,1-2H3;1-2H,(H,6,7)/p-1. The molecular weight excluding hydrogens is 278 g/mol. The van der Waals surface area contributed by atoms with Crippen LogP contribution >= 0.6 is 22.9 Å². The van der Waals surface area contributed by atoms with E-state index in [1.165, 1.54) is 32.0 Å². The Morgan fingerprint density at radius 3 is 2.35 bits per heavy atom. The predicted octanol–water partition coefficient (Wildman–Crippen LogP) is 2.99. The molecule has 2 heterocycles. The highest BCUT2D eigenvalue weighted by Gasteiger charge is 2.10. The molecule has 0 spiro atoms. The zero-order chi connectivity index (χ0) is 12.8. The second-order valence-corrected chi connectivity index (χ2v) is 7.16. The van der Waals surface area contributed by atoms with Crippen molar-refractivity contribution in [2.45, 2.75) is 24.0 Å². The third-order valence-corrected chi connectivity index (χ3v) is 4.87. The summed E-state index contributed by atoms with van der Waals surface area (Å²) < 4.78 is 21.1. The molecule has 1 fully saturated rings.